The SMILES string of the molecule is CCN(CC)c1ccc(NC(=O)Nc2ccc(=O)[nH]n2)c(C)c1. The van der Waals surface area contributed by atoms with Gasteiger partial charge in [0.25, 0.3) is 5.56 Å². The van der Waals surface area contributed by atoms with Crippen molar-refractivity contribution in [3.05, 3.63) is 46.2 Å². The fraction of sp³-hybridized carbons (Fsp3) is 0.312. The summed E-state index contributed by atoms with van der Waals surface area (Å²) in [6, 6.07) is 8.22. The highest BCUT2D eigenvalue weighted by Gasteiger charge is 2.08. The number of rotatable bonds is 5. The van der Waals surface area contributed by atoms with Crippen LogP contribution in [0.3, 0.4) is 0 Å². The Labute approximate surface area is 134 Å². The van der Waals surface area contributed by atoms with Gasteiger partial charge in [0.1, 0.15) is 0 Å². The highest BCUT2D eigenvalue weighted by Crippen LogP contribution is 2.22. The summed E-state index contributed by atoms with van der Waals surface area (Å²) in [4.78, 5) is 25.2. The molecule has 122 valence electrons. The number of hydrogen-bond donors (Lipinski definition) is 3. The number of nitrogens with zero attached hydrogens (tertiary/aromatic N) is 2. The lowest BCUT2D eigenvalue weighted by atomic mass is 10.1. The van der Waals surface area contributed by atoms with Gasteiger partial charge in [0.2, 0.25) is 0 Å². The maximum atomic E-state index is 12.0. The number of anilines is 3. The molecule has 2 aromatic rings. The zero-order valence-electron chi connectivity index (χ0n) is 13.5. The molecule has 0 bridgehead atoms. The molecule has 0 fully saturated rings. The molecule has 7 nitrogen and oxygen atoms in total. The van der Waals surface area contributed by atoms with Gasteiger partial charge in [-0.05, 0) is 50.6 Å². The lowest BCUT2D eigenvalue weighted by Crippen LogP contribution is -2.23. The van der Waals surface area contributed by atoms with Crippen LogP contribution in [0.4, 0.5) is 22.0 Å². The number of aromatic amines is 1. The van der Waals surface area contributed by atoms with Crippen LogP contribution in [0, 0.1) is 6.92 Å². The molecule has 3 N–H and O–H groups in total. The lowest BCUT2D eigenvalue weighted by molar-refractivity contribution is 0.262. The first-order valence-electron chi connectivity index (χ1n) is 7.52. The standard InChI is InChI=1S/C16H21N5O2/c1-4-21(5-2)12-6-7-13(11(3)10-12)17-16(23)18-14-8-9-15(22)20-19-14/h6-10H,4-5H2,1-3H3,(H,20,22)(H2,17,18,19,23). The number of amides is 2. The van der Waals surface area contributed by atoms with Crippen LogP contribution in [-0.4, -0.2) is 29.3 Å². The van der Waals surface area contributed by atoms with Gasteiger partial charge in [0, 0.05) is 30.5 Å². The highest BCUT2D eigenvalue weighted by molar-refractivity contribution is 5.99. The van der Waals surface area contributed by atoms with E-state index in [9.17, 15) is 9.59 Å². The van der Waals surface area contributed by atoms with E-state index in [1.54, 1.807) is 0 Å². The highest BCUT2D eigenvalue weighted by atomic mass is 16.2. The molecule has 0 saturated carbocycles. The van der Waals surface area contributed by atoms with Gasteiger partial charge in [-0.25, -0.2) is 9.89 Å². The van der Waals surface area contributed by atoms with Crippen LogP contribution in [-0.2, 0) is 0 Å². The van der Waals surface area contributed by atoms with E-state index in [1.807, 2.05) is 25.1 Å². The van der Waals surface area contributed by atoms with Gasteiger partial charge in [0.05, 0.1) is 0 Å². The molecule has 2 rings (SSSR count). The Bertz CT molecular complexity index is 717. The van der Waals surface area contributed by atoms with Crippen molar-refractivity contribution in [3.63, 3.8) is 0 Å². The van der Waals surface area contributed by atoms with Crippen LogP contribution in [0.2, 0.25) is 0 Å². The molecule has 7 heteroatoms. The fourth-order valence-corrected chi connectivity index (χ4v) is 2.26. The first-order chi connectivity index (χ1) is 11.0. The number of nitrogens with one attached hydrogen (secondary N) is 3. The van der Waals surface area contributed by atoms with Gasteiger partial charge >= 0.3 is 6.03 Å². The molecular weight excluding hydrogens is 294 g/mol. The minimum atomic E-state index is -0.414. The average molecular weight is 315 g/mol. The molecular formula is C16H21N5O2. The zero-order chi connectivity index (χ0) is 16.8. The quantitative estimate of drug-likeness (QED) is 0.791. The first kappa shape index (κ1) is 16.5. The summed E-state index contributed by atoms with van der Waals surface area (Å²) in [6.45, 7) is 8.02. The van der Waals surface area contributed by atoms with E-state index in [0.29, 0.717) is 0 Å². The summed E-state index contributed by atoms with van der Waals surface area (Å²) >= 11 is 0. The molecule has 0 atom stereocenters. The number of aryl methyl sites for hydroxylation is 1. The summed E-state index contributed by atoms with van der Waals surface area (Å²) in [5.74, 6) is 0.277. The Hall–Kier alpha value is -2.83. The van der Waals surface area contributed by atoms with E-state index in [-0.39, 0.29) is 11.4 Å². The summed E-state index contributed by atoms with van der Waals surface area (Å²) in [7, 11) is 0. The molecule has 2 amide bonds. The van der Waals surface area contributed by atoms with Crippen molar-refractivity contribution in [1.82, 2.24) is 10.2 Å². The predicted molar refractivity (Wildman–Crippen MR) is 92.2 cm³/mol. The van der Waals surface area contributed by atoms with E-state index < -0.39 is 6.03 Å². The molecule has 1 heterocycles. The monoisotopic (exact) mass is 315 g/mol. The first-order valence-corrected chi connectivity index (χ1v) is 7.52. The Balaban J connectivity index is 2.06. The fourth-order valence-electron chi connectivity index (χ4n) is 2.26. The van der Waals surface area contributed by atoms with Crippen molar-refractivity contribution in [1.29, 1.82) is 0 Å². The smallest absolute Gasteiger partial charge is 0.324 e. The van der Waals surface area contributed by atoms with Gasteiger partial charge in [-0.15, -0.1) is 0 Å². The Morgan fingerprint density at radius 1 is 1.17 bits per heavy atom. The number of urea groups is 1. The molecule has 0 saturated heterocycles. The van der Waals surface area contributed by atoms with E-state index >= 15 is 0 Å². The predicted octanol–water partition coefficient (Wildman–Crippen LogP) is 2.57. The molecule has 0 spiro atoms. The van der Waals surface area contributed by atoms with Crippen LogP contribution >= 0.6 is 0 Å². The second kappa shape index (κ2) is 7.44. The van der Waals surface area contributed by atoms with Crippen LogP contribution < -0.4 is 21.1 Å². The third-order valence-corrected chi connectivity index (χ3v) is 3.51. The number of aromatic nitrogens is 2. The second-order valence-corrected chi connectivity index (χ2v) is 5.06. The summed E-state index contributed by atoms with van der Waals surface area (Å²) in [5, 5.41) is 11.3. The van der Waals surface area contributed by atoms with Crippen molar-refractivity contribution >= 4 is 23.2 Å². The second-order valence-electron chi connectivity index (χ2n) is 5.06. The van der Waals surface area contributed by atoms with E-state index in [1.165, 1.54) is 12.1 Å². The normalized spacial score (nSPS) is 10.2. The van der Waals surface area contributed by atoms with Gasteiger partial charge in [-0.1, -0.05) is 0 Å². The summed E-state index contributed by atoms with van der Waals surface area (Å²) in [5.41, 5.74) is 2.50. The minimum absolute atomic E-state index is 0.277. The van der Waals surface area contributed by atoms with Crippen molar-refractivity contribution in [2.24, 2.45) is 0 Å². The number of H-pyrrole nitrogens is 1. The third kappa shape index (κ3) is 4.32. The molecule has 0 aliphatic heterocycles. The topological polar surface area (TPSA) is 90.1 Å². The maximum Gasteiger partial charge on any atom is 0.324 e. The van der Waals surface area contributed by atoms with Crippen molar-refractivity contribution in [3.8, 4) is 0 Å². The molecule has 1 aromatic heterocycles. The van der Waals surface area contributed by atoms with E-state index in [0.717, 1.165) is 30.0 Å². The van der Waals surface area contributed by atoms with E-state index in [2.05, 4.69) is 39.6 Å². The number of hydrogen-bond acceptors (Lipinski definition) is 4. The van der Waals surface area contributed by atoms with Gasteiger partial charge in [-0.3, -0.25) is 10.1 Å². The lowest BCUT2D eigenvalue weighted by Gasteiger charge is -2.22. The summed E-state index contributed by atoms with van der Waals surface area (Å²) < 4.78 is 0. The Morgan fingerprint density at radius 3 is 2.48 bits per heavy atom. The molecule has 1 aromatic carbocycles. The average Bonchev–Trinajstić information content (AvgIpc) is 2.53. The van der Waals surface area contributed by atoms with Crippen molar-refractivity contribution < 1.29 is 4.79 Å². The molecule has 23 heavy (non-hydrogen) atoms. The van der Waals surface area contributed by atoms with Gasteiger partial charge in [0.15, 0.2) is 5.82 Å². The molecule has 0 unspecified atom stereocenters. The van der Waals surface area contributed by atoms with Crippen LogP contribution in [0.15, 0.2) is 35.1 Å². The summed E-state index contributed by atoms with van der Waals surface area (Å²) in [6.07, 6.45) is 0. The van der Waals surface area contributed by atoms with Crippen LogP contribution in [0.25, 0.3) is 0 Å². The zero-order valence-corrected chi connectivity index (χ0v) is 13.5. The number of benzene rings is 1. The molecule has 0 aliphatic rings. The number of carbonyl (C=O) groups is 1. The largest absolute Gasteiger partial charge is 0.372 e. The Kier molecular flexibility index (Phi) is 5.35. The van der Waals surface area contributed by atoms with Crippen LogP contribution in [0.1, 0.15) is 19.4 Å². The van der Waals surface area contributed by atoms with Crippen molar-refractivity contribution in [2.75, 3.05) is 28.6 Å². The third-order valence-electron chi connectivity index (χ3n) is 3.51. The molecule has 0 radical (unpaired) electrons. The Morgan fingerprint density at radius 2 is 1.91 bits per heavy atom. The van der Waals surface area contributed by atoms with Crippen molar-refractivity contribution in [2.45, 2.75) is 20.8 Å². The van der Waals surface area contributed by atoms with Gasteiger partial charge < -0.3 is 10.2 Å². The van der Waals surface area contributed by atoms with Gasteiger partial charge in [-0.2, -0.15) is 5.10 Å². The molecule has 0 aliphatic carbocycles. The minimum Gasteiger partial charge on any atom is -0.372 e. The van der Waals surface area contributed by atoms with E-state index in [4.69, 9.17) is 0 Å². The maximum absolute atomic E-state index is 12.0. The van der Waals surface area contributed by atoms with Crippen LogP contribution in [0.5, 0.6) is 0 Å². The number of carbonyl (C=O) groups excluding carboxylic acids is 1.